The van der Waals surface area contributed by atoms with Crippen molar-refractivity contribution in [3.05, 3.63) is 0 Å². The summed E-state index contributed by atoms with van der Waals surface area (Å²) in [5, 5.41) is 8.86. The third-order valence-electron chi connectivity index (χ3n) is 3.54. The first-order valence-electron chi connectivity index (χ1n) is 5.74. The molecule has 0 aromatic heterocycles. The van der Waals surface area contributed by atoms with Gasteiger partial charge in [-0.1, -0.05) is 0 Å². The van der Waals surface area contributed by atoms with Crippen LogP contribution >= 0.6 is 0 Å². The predicted molar refractivity (Wildman–Crippen MR) is 58.1 cm³/mol. The van der Waals surface area contributed by atoms with Crippen molar-refractivity contribution in [2.45, 2.75) is 12.8 Å². The Hall–Kier alpha value is -1.59. The highest BCUT2D eigenvalue weighted by Crippen LogP contribution is 2.23. The van der Waals surface area contributed by atoms with Crippen molar-refractivity contribution in [2.75, 3.05) is 26.7 Å². The molecule has 2 atom stereocenters. The lowest BCUT2D eigenvalue weighted by Crippen LogP contribution is -2.36. The highest BCUT2D eigenvalue weighted by Gasteiger charge is 2.38. The number of hydrogen-bond acceptors (Lipinski definition) is 3. The van der Waals surface area contributed by atoms with Crippen LogP contribution in [0.2, 0.25) is 0 Å². The van der Waals surface area contributed by atoms with Crippen LogP contribution in [0.4, 0.5) is 0 Å². The van der Waals surface area contributed by atoms with Crippen LogP contribution in [-0.4, -0.2) is 59.4 Å². The van der Waals surface area contributed by atoms with Gasteiger partial charge in [0.15, 0.2) is 0 Å². The van der Waals surface area contributed by atoms with E-state index in [2.05, 4.69) is 0 Å². The quantitative estimate of drug-likeness (QED) is 0.699. The van der Waals surface area contributed by atoms with Crippen molar-refractivity contribution in [3.8, 4) is 0 Å². The molecule has 0 saturated carbocycles. The van der Waals surface area contributed by atoms with Crippen molar-refractivity contribution in [2.24, 2.45) is 11.8 Å². The SMILES string of the molecule is CN1CC(C(=O)N2CCC(C(=O)O)C2)CC1=O. The summed E-state index contributed by atoms with van der Waals surface area (Å²) >= 11 is 0. The number of amides is 2. The van der Waals surface area contributed by atoms with E-state index in [0.29, 0.717) is 19.5 Å². The number of carbonyl (C=O) groups is 3. The zero-order valence-corrected chi connectivity index (χ0v) is 9.76. The normalized spacial score (nSPS) is 28.9. The first kappa shape index (κ1) is 11.9. The molecule has 2 unspecified atom stereocenters. The van der Waals surface area contributed by atoms with E-state index in [0.717, 1.165) is 0 Å². The van der Waals surface area contributed by atoms with E-state index in [-0.39, 0.29) is 30.7 Å². The van der Waals surface area contributed by atoms with Gasteiger partial charge in [0.05, 0.1) is 11.8 Å². The van der Waals surface area contributed by atoms with Gasteiger partial charge in [-0.25, -0.2) is 0 Å². The van der Waals surface area contributed by atoms with Gasteiger partial charge in [0, 0.05) is 33.1 Å². The van der Waals surface area contributed by atoms with Crippen molar-refractivity contribution in [1.82, 2.24) is 9.80 Å². The van der Waals surface area contributed by atoms with Crippen LogP contribution in [0.3, 0.4) is 0 Å². The first-order chi connectivity index (χ1) is 7.99. The molecule has 17 heavy (non-hydrogen) atoms. The molecule has 2 fully saturated rings. The van der Waals surface area contributed by atoms with Crippen LogP contribution in [0.25, 0.3) is 0 Å². The van der Waals surface area contributed by atoms with E-state index < -0.39 is 11.9 Å². The van der Waals surface area contributed by atoms with Gasteiger partial charge in [0.1, 0.15) is 0 Å². The van der Waals surface area contributed by atoms with Crippen molar-refractivity contribution >= 4 is 17.8 Å². The maximum absolute atomic E-state index is 12.1. The predicted octanol–water partition coefficient (Wildman–Crippen LogP) is -0.602. The Labute approximate surface area is 99.2 Å². The smallest absolute Gasteiger partial charge is 0.308 e. The van der Waals surface area contributed by atoms with E-state index in [1.54, 1.807) is 16.8 Å². The molecule has 0 bridgehead atoms. The molecular formula is C11H16N2O4. The molecule has 2 rings (SSSR count). The van der Waals surface area contributed by atoms with E-state index in [4.69, 9.17) is 5.11 Å². The Bertz CT molecular complexity index is 368. The van der Waals surface area contributed by atoms with Gasteiger partial charge in [-0.3, -0.25) is 14.4 Å². The zero-order valence-electron chi connectivity index (χ0n) is 9.76. The van der Waals surface area contributed by atoms with E-state index in [1.807, 2.05) is 0 Å². The van der Waals surface area contributed by atoms with Crippen LogP contribution in [0.5, 0.6) is 0 Å². The van der Waals surface area contributed by atoms with E-state index >= 15 is 0 Å². The third kappa shape index (κ3) is 2.25. The van der Waals surface area contributed by atoms with Gasteiger partial charge in [-0.15, -0.1) is 0 Å². The average molecular weight is 240 g/mol. The van der Waals surface area contributed by atoms with E-state index in [1.165, 1.54) is 0 Å². The summed E-state index contributed by atoms with van der Waals surface area (Å²) in [5.74, 6) is -1.68. The first-order valence-corrected chi connectivity index (χ1v) is 5.74. The average Bonchev–Trinajstić information content (AvgIpc) is 2.86. The van der Waals surface area contributed by atoms with Crippen LogP contribution in [0.15, 0.2) is 0 Å². The molecule has 0 spiro atoms. The van der Waals surface area contributed by atoms with Crippen LogP contribution in [0, 0.1) is 11.8 Å². The minimum Gasteiger partial charge on any atom is -0.481 e. The van der Waals surface area contributed by atoms with E-state index in [9.17, 15) is 14.4 Å². The third-order valence-corrected chi connectivity index (χ3v) is 3.54. The number of hydrogen-bond donors (Lipinski definition) is 1. The van der Waals surface area contributed by atoms with Gasteiger partial charge in [0.2, 0.25) is 11.8 Å². The summed E-state index contributed by atoms with van der Waals surface area (Å²) in [5.41, 5.74) is 0. The number of aliphatic carboxylic acids is 1. The Morgan fingerprint density at radius 3 is 2.47 bits per heavy atom. The van der Waals surface area contributed by atoms with Gasteiger partial charge >= 0.3 is 5.97 Å². The zero-order chi connectivity index (χ0) is 12.6. The molecule has 94 valence electrons. The summed E-state index contributed by atoms with van der Waals surface area (Å²) in [6.45, 7) is 1.22. The van der Waals surface area contributed by atoms with Gasteiger partial charge < -0.3 is 14.9 Å². The molecule has 6 heteroatoms. The van der Waals surface area contributed by atoms with Crippen LogP contribution < -0.4 is 0 Å². The second kappa shape index (κ2) is 4.35. The lowest BCUT2D eigenvalue weighted by Gasteiger charge is -2.19. The number of rotatable bonds is 2. The van der Waals surface area contributed by atoms with Gasteiger partial charge in [-0.05, 0) is 6.42 Å². The largest absolute Gasteiger partial charge is 0.481 e. The second-order valence-electron chi connectivity index (χ2n) is 4.78. The molecule has 0 aromatic rings. The number of carbonyl (C=O) groups excluding carboxylic acids is 2. The summed E-state index contributed by atoms with van der Waals surface area (Å²) < 4.78 is 0. The van der Waals surface area contributed by atoms with Crippen molar-refractivity contribution in [3.63, 3.8) is 0 Å². The number of nitrogens with zero attached hydrogens (tertiary/aromatic N) is 2. The fraction of sp³-hybridized carbons (Fsp3) is 0.727. The monoisotopic (exact) mass is 240 g/mol. The Balaban J connectivity index is 1.94. The molecule has 2 aliphatic rings. The molecule has 0 aliphatic carbocycles. The highest BCUT2D eigenvalue weighted by atomic mass is 16.4. The van der Waals surface area contributed by atoms with Crippen LogP contribution in [-0.2, 0) is 14.4 Å². The minimum atomic E-state index is -0.847. The molecule has 2 saturated heterocycles. The topological polar surface area (TPSA) is 77.9 Å². The number of likely N-dealkylation sites (tertiary alicyclic amines) is 2. The maximum atomic E-state index is 12.1. The lowest BCUT2D eigenvalue weighted by atomic mass is 10.1. The molecule has 6 nitrogen and oxygen atoms in total. The standard InChI is InChI=1S/C11H16N2O4/c1-12-5-8(4-9(12)14)10(15)13-3-2-7(6-13)11(16)17/h7-8H,2-6H2,1H3,(H,16,17). The number of carboxylic acid groups (broad SMARTS) is 1. The Kier molecular flexibility index (Phi) is 3.04. The lowest BCUT2D eigenvalue weighted by molar-refractivity contribution is -0.141. The second-order valence-corrected chi connectivity index (χ2v) is 4.78. The molecule has 2 aliphatic heterocycles. The molecule has 2 amide bonds. The van der Waals surface area contributed by atoms with Crippen LogP contribution in [0.1, 0.15) is 12.8 Å². The molecule has 1 N–H and O–H groups in total. The minimum absolute atomic E-state index is 0.0164. The molecule has 0 aromatic carbocycles. The number of carboxylic acids is 1. The summed E-state index contributed by atoms with van der Waals surface area (Å²) in [6.07, 6.45) is 0.765. The Morgan fingerprint density at radius 2 is 2.00 bits per heavy atom. The van der Waals surface area contributed by atoms with Crippen molar-refractivity contribution < 1.29 is 19.5 Å². The fourth-order valence-corrected chi connectivity index (χ4v) is 2.45. The Morgan fingerprint density at radius 1 is 1.29 bits per heavy atom. The molecule has 2 heterocycles. The maximum Gasteiger partial charge on any atom is 0.308 e. The summed E-state index contributed by atoms with van der Waals surface area (Å²) in [7, 11) is 1.68. The highest BCUT2D eigenvalue weighted by molar-refractivity contribution is 5.89. The van der Waals surface area contributed by atoms with Gasteiger partial charge in [0.25, 0.3) is 0 Å². The van der Waals surface area contributed by atoms with Gasteiger partial charge in [-0.2, -0.15) is 0 Å². The fourth-order valence-electron chi connectivity index (χ4n) is 2.45. The summed E-state index contributed by atoms with van der Waals surface area (Å²) in [6, 6.07) is 0. The van der Waals surface area contributed by atoms with Crippen molar-refractivity contribution in [1.29, 1.82) is 0 Å². The molecular weight excluding hydrogens is 224 g/mol. The molecule has 0 radical (unpaired) electrons. The summed E-state index contributed by atoms with van der Waals surface area (Å²) in [4.78, 5) is 37.3.